The summed E-state index contributed by atoms with van der Waals surface area (Å²) in [5.74, 6) is 0.609. The number of hydrogen-bond donors (Lipinski definition) is 1. The summed E-state index contributed by atoms with van der Waals surface area (Å²) in [7, 11) is 0. The molecule has 1 N–H and O–H groups in total. The van der Waals surface area contributed by atoms with E-state index >= 15 is 0 Å². The first-order chi connectivity index (χ1) is 9.74. The molecule has 0 bridgehead atoms. The first kappa shape index (κ1) is 14.0. The van der Waals surface area contributed by atoms with Crippen molar-refractivity contribution >= 4 is 21.6 Å². The van der Waals surface area contributed by atoms with Crippen molar-refractivity contribution in [1.29, 1.82) is 0 Å². The summed E-state index contributed by atoms with van der Waals surface area (Å²) in [6, 6.07) is 0. The SMILES string of the molecule is O=c1c(NN2CCOCC2)c(Br)cnn1CC1CCC1. The van der Waals surface area contributed by atoms with Crippen molar-refractivity contribution in [2.24, 2.45) is 5.92 Å². The standard InChI is InChI=1S/C13H19BrN4O2/c14-11-8-15-18(9-10-2-1-3-10)13(19)12(11)16-17-4-6-20-7-5-17/h8,10,16H,1-7,9H2. The molecule has 1 aliphatic heterocycles. The summed E-state index contributed by atoms with van der Waals surface area (Å²) in [4.78, 5) is 12.5. The van der Waals surface area contributed by atoms with Crippen LogP contribution >= 0.6 is 15.9 Å². The van der Waals surface area contributed by atoms with Gasteiger partial charge in [-0.2, -0.15) is 5.10 Å². The van der Waals surface area contributed by atoms with Crippen LogP contribution in [0.4, 0.5) is 5.69 Å². The molecule has 0 unspecified atom stereocenters. The molecule has 20 heavy (non-hydrogen) atoms. The zero-order chi connectivity index (χ0) is 13.9. The second kappa shape index (κ2) is 6.24. The van der Waals surface area contributed by atoms with Crippen LogP contribution in [0.3, 0.4) is 0 Å². The van der Waals surface area contributed by atoms with Crippen molar-refractivity contribution in [3.63, 3.8) is 0 Å². The van der Waals surface area contributed by atoms with Crippen molar-refractivity contribution in [1.82, 2.24) is 14.8 Å². The molecule has 2 aliphatic rings. The molecule has 1 aliphatic carbocycles. The topological polar surface area (TPSA) is 59.4 Å². The average Bonchev–Trinajstić information content (AvgIpc) is 2.42. The molecule has 3 rings (SSSR count). The number of morpholine rings is 1. The van der Waals surface area contributed by atoms with Crippen LogP contribution in [0.25, 0.3) is 0 Å². The molecule has 1 aromatic rings. The van der Waals surface area contributed by atoms with E-state index < -0.39 is 0 Å². The van der Waals surface area contributed by atoms with E-state index in [4.69, 9.17) is 4.74 Å². The third-order valence-corrected chi connectivity index (χ3v) is 4.54. The Balaban J connectivity index is 1.77. The quantitative estimate of drug-likeness (QED) is 0.897. The molecule has 1 saturated heterocycles. The predicted molar refractivity (Wildman–Crippen MR) is 79.6 cm³/mol. The van der Waals surface area contributed by atoms with Crippen molar-refractivity contribution in [3.05, 3.63) is 21.0 Å². The number of hydrazine groups is 1. The van der Waals surface area contributed by atoms with Crippen LogP contribution in [0.2, 0.25) is 0 Å². The van der Waals surface area contributed by atoms with Crippen LogP contribution in [0, 0.1) is 5.92 Å². The van der Waals surface area contributed by atoms with Gasteiger partial charge in [-0.3, -0.25) is 4.79 Å². The molecule has 0 radical (unpaired) electrons. The lowest BCUT2D eigenvalue weighted by molar-refractivity contribution is 0.0495. The Kier molecular flexibility index (Phi) is 4.38. The Labute approximate surface area is 126 Å². The molecular weight excluding hydrogens is 324 g/mol. The van der Waals surface area contributed by atoms with E-state index in [9.17, 15) is 4.79 Å². The second-order valence-corrected chi connectivity index (χ2v) is 6.22. The van der Waals surface area contributed by atoms with Crippen molar-refractivity contribution in [2.45, 2.75) is 25.8 Å². The molecule has 1 saturated carbocycles. The van der Waals surface area contributed by atoms with Gasteiger partial charge in [0, 0.05) is 19.6 Å². The molecule has 0 aromatic carbocycles. The molecule has 2 fully saturated rings. The maximum atomic E-state index is 12.5. The minimum absolute atomic E-state index is 0.0576. The van der Waals surface area contributed by atoms with Crippen LogP contribution in [0.15, 0.2) is 15.5 Å². The number of rotatable bonds is 4. The first-order valence-electron chi connectivity index (χ1n) is 7.09. The minimum Gasteiger partial charge on any atom is -0.379 e. The molecule has 7 heteroatoms. The maximum absolute atomic E-state index is 12.5. The van der Waals surface area contributed by atoms with Gasteiger partial charge in [0.05, 0.1) is 23.9 Å². The number of anilines is 1. The summed E-state index contributed by atoms with van der Waals surface area (Å²) < 4.78 is 7.60. The smallest absolute Gasteiger partial charge is 0.292 e. The molecule has 0 atom stereocenters. The van der Waals surface area contributed by atoms with Gasteiger partial charge in [0.2, 0.25) is 0 Å². The van der Waals surface area contributed by atoms with Crippen LogP contribution < -0.4 is 11.0 Å². The maximum Gasteiger partial charge on any atom is 0.292 e. The molecule has 110 valence electrons. The van der Waals surface area contributed by atoms with E-state index in [0.29, 0.717) is 29.3 Å². The number of nitrogens with zero attached hydrogens (tertiary/aromatic N) is 3. The van der Waals surface area contributed by atoms with Crippen LogP contribution in [0.1, 0.15) is 19.3 Å². The van der Waals surface area contributed by atoms with Gasteiger partial charge in [0.15, 0.2) is 0 Å². The Morgan fingerprint density at radius 1 is 1.40 bits per heavy atom. The zero-order valence-electron chi connectivity index (χ0n) is 11.3. The lowest BCUT2D eigenvalue weighted by atomic mass is 9.85. The third kappa shape index (κ3) is 3.05. The molecule has 0 spiro atoms. The number of halogens is 1. The molecule has 1 aromatic heterocycles. The molecule has 6 nitrogen and oxygen atoms in total. The van der Waals surface area contributed by atoms with E-state index in [2.05, 4.69) is 26.5 Å². The van der Waals surface area contributed by atoms with Crippen LogP contribution in [-0.4, -0.2) is 41.1 Å². The van der Waals surface area contributed by atoms with E-state index in [1.807, 2.05) is 5.01 Å². The number of nitrogens with one attached hydrogen (secondary N) is 1. The number of ether oxygens (including phenoxy) is 1. The van der Waals surface area contributed by atoms with Gasteiger partial charge in [-0.05, 0) is 34.7 Å². The lowest BCUT2D eigenvalue weighted by Crippen LogP contribution is -2.42. The normalized spacial score (nSPS) is 20.6. The Bertz CT molecular complexity index is 524. The highest BCUT2D eigenvalue weighted by Crippen LogP contribution is 2.27. The van der Waals surface area contributed by atoms with Gasteiger partial charge in [-0.25, -0.2) is 9.69 Å². The van der Waals surface area contributed by atoms with Crippen LogP contribution in [0.5, 0.6) is 0 Å². The largest absolute Gasteiger partial charge is 0.379 e. The summed E-state index contributed by atoms with van der Waals surface area (Å²) in [6.07, 6.45) is 5.38. The van der Waals surface area contributed by atoms with Crippen LogP contribution in [-0.2, 0) is 11.3 Å². The summed E-state index contributed by atoms with van der Waals surface area (Å²) in [5, 5.41) is 6.24. The fourth-order valence-electron chi connectivity index (χ4n) is 2.45. The lowest BCUT2D eigenvalue weighted by Gasteiger charge is -2.29. The van der Waals surface area contributed by atoms with Crippen molar-refractivity contribution in [3.8, 4) is 0 Å². The summed E-state index contributed by atoms with van der Waals surface area (Å²) >= 11 is 3.41. The predicted octanol–water partition coefficient (Wildman–Crippen LogP) is 1.46. The first-order valence-corrected chi connectivity index (χ1v) is 7.88. The average molecular weight is 343 g/mol. The van der Waals surface area contributed by atoms with Gasteiger partial charge in [-0.15, -0.1) is 0 Å². The highest BCUT2D eigenvalue weighted by atomic mass is 79.9. The van der Waals surface area contributed by atoms with Crippen molar-refractivity contribution < 1.29 is 4.74 Å². The summed E-state index contributed by atoms with van der Waals surface area (Å²) in [6.45, 7) is 3.65. The zero-order valence-corrected chi connectivity index (χ0v) is 12.9. The molecule has 2 heterocycles. The fourth-order valence-corrected chi connectivity index (χ4v) is 2.80. The van der Waals surface area contributed by atoms with E-state index in [-0.39, 0.29) is 5.56 Å². The number of hydrogen-bond acceptors (Lipinski definition) is 5. The molecule has 0 amide bonds. The third-order valence-electron chi connectivity index (χ3n) is 3.93. The highest BCUT2D eigenvalue weighted by Gasteiger charge is 2.21. The van der Waals surface area contributed by atoms with Gasteiger partial charge < -0.3 is 10.2 Å². The Morgan fingerprint density at radius 2 is 2.15 bits per heavy atom. The van der Waals surface area contributed by atoms with E-state index in [1.54, 1.807) is 10.9 Å². The van der Waals surface area contributed by atoms with E-state index in [0.717, 1.165) is 19.6 Å². The number of aromatic nitrogens is 2. The van der Waals surface area contributed by atoms with E-state index in [1.165, 1.54) is 19.3 Å². The Morgan fingerprint density at radius 3 is 2.80 bits per heavy atom. The summed E-state index contributed by atoms with van der Waals surface area (Å²) in [5.41, 5.74) is 3.71. The second-order valence-electron chi connectivity index (χ2n) is 5.36. The Hall–Kier alpha value is -0.920. The van der Waals surface area contributed by atoms with Gasteiger partial charge in [0.1, 0.15) is 5.69 Å². The highest BCUT2D eigenvalue weighted by molar-refractivity contribution is 9.10. The van der Waals surface area contributed by atoms with Gasteiger partial charge in [-0.1, -0.05) is 6.42 Å². The van der Waals surface area contributed by atoms with Crippen molar-refractivity contribution in [2.75, 3.05) is 31.7 Å². The van der Waals surface area contributed by atoms with Gasteiger partial charge in [0.25, 0.3) is 5.56 Å². The van der Waals surface area contributed by atoms with Gasteiger partial charge >= 0.3 is 0 Å². The monoisotopic (exact) mass is 342 g/mol. The minimum atomic E-state index is -0.0576. The molecular formula is C13H19BrN4O2. The fraction of sp³-hybridized carbons (Fsp3) is 0.692.